The molecule has 2 rings (SSSR count). The van der Waals surface area contributed by atoms with Gasteiger partial charge in [-0.05, 0) is 18.8 Å². The van der Waals surface area contributed by atoms with Crippen molar-refractivity contribution in [2.45, 2.75) is 31.1 Å². The lowest BCUT2D eigenvalue weighted by Crippen LogP contribution is -2.59. The Morgan fingerprint density at radius 3 is 2.48 bits per heavy atom. The predicted octanol–water partition coefficient (Wildman–Crippen LogP) is -0.307. The van der Waals surface area contributed by atoms with Crippen molar-refractivity contribution in [3.05, 3.63) is 0 Å². The molecule has 4 N–H and O–H groups in total. The van der Waals surface area contributed by atoms with E-state index in [1.807, 2.05) is 0 Å². The van der Waals surface area contributed by atoms with Gasteiger partial charge in [0.05, 0.1) is 6.04 Å². The molecule has 2 heterocycles. The molecule has 0 bridgehead atoms. The minimum Gasteiger partial charge on any atom is -0.381 e. The molecule has 6 nitrogen and oxygen atoms in total. The Kier molecular flexibility index (Phi) is 6.63. The van der Waals surface area contributed by atoms with E-state index in [4.69, 9.17) is 10.5 Å². The number of carbonyl (C=O) groups is 1. The highest BCUT2D eigenvalue weighted by atomic mass is 19.4. The van der Waals surface area contributed by atoms with Gasteiger partial charge in [-0.15, -0.1) is 0 Å². The second-order valence-corrected chi connectivity index (χ2v) is 6.06. The van der Waals surface area contributed by atoms with Gasteiger partial charge in [0.25, 0.3) is 0 Å². The molecule has 2 fully saturated rings. The molecule has 0 spiro atoms. The summed E-state index contributed by atoms with van der Waals surface area (Å²) in [5.74, 6) is -0.548. The number of hydrogen-bond acceptors (Lipinski definition) is 5. The van der Waals surface area contributed by atoms with Gasteiger partial charge in [-0.3, -0.25) is 9.69 Å². The zero-order valence-corrected chi connectivity index (χ0v) is 13.1. The van der Waals surface area contributed by atoms with E-state index < -0.39 is 30.7 Å². The predicted molar refractivity (Wildman–Crippen MR) is 78.8 cm³/mol. The first-order chi connectivity index (χ1) is 10.9. The highest BCUT2D eigenvalue weighted by Gasteiger charge is 2.44. The molecule has 0 aromatic heterocycles. The largest absolute Gasteiger partial charge is 0.405 e. The first-order valence-corrected chi connectivity index (χ1v) is 8.02. The lowest BCUT2D eigenvalue weighted by molar-refractivity contribution is -0.184. The van der Waals surface area contributed by atoms with E-state index in [0.717, 1.165) is 0 Å². The number of hydrogen-bond donors (Lipinski definition) is 3. The first-order valence-electron chi connectivity index (χ1n) is 8.02. The third-order valence-corrected chi connectivity index (χ3v) is 4.52. The fraction of sp³-hybridized carbons (Fsp3) is 0.929. The summed E-state index contributed by atoms with van der Waals surface area (Å²) in [7, 11) is 0. The number of carbonyl (C=O) groups excluding carboxylic acids is 1. The van der Waals surface area contributed by atoms with Crippen LogP contribution in [0.2, 0.25) is 0 Å². The van der Waals surface area contributed by atoms with Crippen LogP contribution in [-0.2, 0) is 9.53 Å². The maximum absolute atomic E-state index is 13.2. The normalized spacial score (nSPS) is 24.2. The molecule has 0 aliphatic carbocycles. The Bertz CT molecular complexity index is 383. The highest BCUT2D eigenvalue weighted by Crippen LogP contribution is 2.25. The van der Waals surface area contributed by atoms with Gasteiger partial charge in [0.2, 0.25) is 5.91 Å². The Labute approximate surface area is 133 Å². The van der Waals surface area contributed by atoms with Crippen molar-refractivity contribution in [1.29, 1.82) is 0 Å². The fourth-order valence-corrected chi connectivity index (χ4v) is 3.05. The monoisotopic (exact) mass is 338 g/mol. The topological polar surface area (TPSA) is 79.6 Å². The average Bonchev–Trinajstić information content (AvgIpc) is 2.54. The fourth-order valence-electron chi connectivity index (χ4n) is 3.05. The van der Waals surface area contributed by atoms with E-state index in [1.54, 1.807) is 0 Å². The van der Waals surface area contributed by atoms with Crippen molar-refractivity contribution >= 4 is 5.91 Å². The third kappa shape index (κ3) is 5.30. The van der Waals surface area contributed by atoms with Gasteiger partial charge in [-0.2, -0.15) is 13.2 Å². The molecule has 1 amide bonds. The maximum atomic E-state index is 13.2. The van der Waals surface area contributed by atoms with Gasteiger partial charge in [-0.1, -0.05) is 0 Å². The maximum Gasteiger partial charge on any atom is 0.405 e. The quantitative estimate of drug-likeness (QED) is 0.641. The number of nitrogens with two attached hydrogens (primary N) is 1. The van der Waals surface area contributed by atoms with Gasteiger partial charge < -0.3 is 21.1 Å². The molecule has 134 valence electrons. The van der Waals surface area contributed by atoms with Crippen LogP contribution in [-0.4, -0.2) is 75.0 Å². The van der Waals surface area contributed by atoms with Crippen molar-refractivity contribution < 1.29 is 22.7 Å². The molecular weight excluding hydrogens is 313 g/mol. The summed E-state index contributed by atoms with van der Waals surface area (Å²) in [6, 6.07) is -2.45. The van der Waals surface area contributed by atoms with E-state index >= 15 is 0 Å². The minimum absolute atomic E-state index is 0.0349. The van der Waals surface area contributed by atoms with Gasteiger partial charge in [0, 0.05) is 45.9 Å². The van der Waals surface area contributed by atoms with E-state index in [1.165, 1.54) is 4.90 Å². The Balaban J connectivity index is 1.87. The van der Waals surface area contributed by atoms with Crippen LogP contribution in [0.4, 0.5) is 13.2 Å². The minimum atomic E-state index is -4.38. The summed E-state index contributed by atoms with van der Waals surface area (Å²) in [6.07, 6.45) is -3.06. The van der Waals surface area contributed by atoms with Crippen LogP contribution < -0.4 is 16.4 Å². The second kappa shape index (κ2) is 8.27. The first kappa shape index (κ1) is 18.4. The highest BCUT2D eigenvalue weighted by molar-refractivity contribution is 5.81. The van der Waals surface area contributed by atoms with Gasteiger partial charge in [0.15, 0.2) is 0 Å². The summed E-state index contributed by atoms with van der Waals surface area (Å²) in [6.45, 7) is 2.27. The van der Waals surface area contributed by atoms with Crippen LogP contribution in [0.1, 0.15) is 12.8 Å². The van der Waals surface area contributed by atoms with Crippen molar-refractivity contribution in [2.24, 2.45) is 11.7 Å². The van der Waals surface area contributed by atoms with Crippen LogP contribution in [0, 0.1) is 5.92 Å². The van der Waals surface area contributed by atoms with Gasteiger partial charge in [0.1, 0.15) is 6.04 Å². The second-order valence-electron chi connectivity index (χ2n) is 6.06. The number of amides is 1. The van der Waals surface area contributed by atoms with E-state index in [0.29, 0.717) is 52.2 Å². The summed E-state index contributed by atoms with van der Waals surface area (Å²) in [5.41, 5.74) is 5.89. The van der Waals surface area contributed by atoms with Gasteiger partial charge in [-0.25, -0.2) is 0 Å². The average molecular weight is 338 g/mol. The van der Waals surface area contributed by atoms with Crippen LogP contribution in [0.15, 0.2) is 0 Å². The van der Waals surface area contributed by atoms with E-state index in [-0.39, 0.29) is 5.92 Å². The van der Waals surface area contributed by atoms with E-state index in [9.17, 15) is 18.0 Å². The number of nitrogens with zero attached hydrogens (tertiary/aromatic N) is 1. The molecule has 23 heavy (non-hydrogen) atoms. The van der Waals surface area contributed by atoms with Crippen molar-refractivity contribution in [3.8, 4) is 0 Å². The van der Waals surface area contributed by atoms with Crippen molar-refractivity contribution in [2.75, 3.05) is 45.9 Å². The van der Waals surface area contributed by atoms with Gasteiger partial charge >= 0.3 is 6.18 Å². The number of piperazine rings is 1. The lowest BCUT2D eigenvalue weighted by Gasteiger charge is -2.36. The Hall–Kier alpha value is -0.900. The van der Waals surface area contributed by atoms with Crippen LogP contribution >= 0.6 is 0 Å². The molecule has 0 saturated carbocycles. The summed E-state index contributed by atoms with van der Waals surface area (Å²) >= 11 is 0. The molecule has 0 unspecified atom stereocenters. The molecule has 0 aromatic carbocycles. The third-order valence-electron chi connectivity index (χ3n) is 4.52. The van der Waals surface area contributed by atoms with E-state index in [2.05, 4.69) is 10.6 Å². The molecule has 2 aliphatic heterocycles. The molecule has 0 aromatic rings. The molecule has 9 heteroatoms. The van der Waals surface area contributed by atoms with Crippen molar-refractivity contribution in [3.63, 3.8) is 0 Å². The van der Waals surface area contributed by atoms with Crippen LogP contribution in [0.3, 0.4) is 0 Å². The number of ether oxygens (including phenoxy) is 1. The SMILES string of the molecule is N[C@H](C(=O)NC[C@@H](N1CCNCC1)C(F)(F)F)C1CCOCC1. The molecular formula is C14H25F3N4O2. The number of nitrogens with one attached hydrogen (secondary N) is 2. The van der Waals surface area contributed by atoms with Crippen molar-refractivity contribution in [1.82, 2.24) is 15.5 Å². The molecule has 0 radical (unpaired) electrons. The lowest BCUT2D eigenvalue weighted by atomic mass is 9.92. The summed E-state index contributed by atoms with van der Waals surface area (Å²) < 4.78 is 45.0. The zero-order valence-electron chi connectivity index (χ0n) is 13.1. The molecule has 2 saturated heterocycles. The standard InChI is InChI=1S/C14H25F3N4O2/c15-14(16,17)11(21-5-3-19-4-6-21)9-20-13(22)12(18)10-1-7-23-8-2-10/h10-12,19H,1-9,18H2,(H,20,22)/t11-,12+/m1/s1. The number of halogens is 3. The summed E-state index contributed by atoms with van der Waals surface area (Å²) in [5, 5.41) is 5.42. The smallest absolute Gasteiger partial charge is 0.381 e. The molecule has 2 aliphatic rings. The Morgan fingerprint density at radius 2 is 1.91 bits per heavy atom. The zero-order chi connectivity index (χ0) is 16.9. The molecule has 2 atom stereocenters. The van der Waals surface area contributed by atoms with Crippen LogP contribution in [0.25, 0.3) is 0 Å². The number of rotatable bonds is 5. The number of alkyl halides is 3. The van der Waals surface area contributed by atoms with Crippen LogP contribution in [0.5, 0.6) is 0 Å². The summed E-state index contributed by atoms with van der Waals surface area (Å²) in [4.78, 5) is 13.4. The Morgan fingerprint density at radius 1 is 1.30 bits per heavy atom.